The Labute approximate surface area is 168 Å². The Kier molecular flexibility index (Phi) is 6.44. The summed E-state index contributed by atoms with van der Waals surface area (Å²) in [6.45, 7) is 2.47. The number of rotatable bonds is 8. The van der Waals surface area contributed by atoms with Crippen LogP contribution in [-0.2, 0) is 19.6 Å². The summed E-state index contributed by atoms with van der Waals surface area (Å²) in [5.41, 5.74) is 2.94. The lowest BCUT2D eigenvalue weighted by atomic mass is 10.0. The van der Waals surface area contributed by atoms with Crippen LogP contribution in [0, 0.1) is 0 Å². The summed E-state index contributed by atoms with van der Waals surface area (Å²) in [5, 5.41) is 19.4. The van der Waals surface area contributed by atoms with Gasteiger partial charge in [-0.05, 0) is 24.1 Å². The minimum absolute atomic E-state index is 0.168. The largest absolute Gasteiger partial charge is 0.478 e. The Morgan fingerprint density at radius 1 is 1.21 bits per heavy atom. The number of hydrogen-bond donors (Lipinski definition) is 2. The quantitative estimate of drug-likeness (QED) is 0.593. The minimum atomic E-state index is -1.01. The molecule has 146 valence electrons. The third-order valence-corrected chi connectivity index (χ3v) is 4.92. The topological polar surface area (TPSA) is 88.2 Å². The predicted octanol–water partition coefficient (Wildman–Crippen LogP) is 4.18. The molecular formula is C21H22ClN3O3. The zero-order chi connectivity index (χ0) is 20.1. The number of pyridine rings is 1. The standard InChI is InChI=1S/C21H22ClN3O3/c1-2-3-6-18-24-20(22)17(13-26)25(18)12-14-7-9-15(10-8-14)19-16(21(27)28)5-4-11-23-19/h4-5,7-11,26H,2-3,6,12-13H2,1H3,(H,27,28). The first-order valence-corrected chi connectivity index (χ1v) is 9.55. The number of aliphatic hydroxyl groups is 1. The summed E-state index contributed by atoms with van der Waals surface area (Å²) < 4.78 is 1.95. The van der Waals surface area contributed by atoms with Crippen molar-refractivity contribution in [1.82, 2.24) is 14.5 Å². The van der Waals surface area contributed by atoms with Crippen LogP contribution in [0.4, 0.5) is 0 Å². The van der Waals surface area contributed by atoms with Crippen LogP contribution < -0.4 is 0 Å². The smallest absolute Gasteiger partial charge is 0.337 e. The summed E-state index contributed by atoms with van der Waals surface area (Å²) in [4.78, 5) is 20.0. The Morgan fingerprint density at radius 2 is 1.96 bits per heavy atom. The van der Waals surface area contributed by atoms with Crippen LogP contribution in [-0.4, -0.2) is 30.7 Å². The fraction of sp³-hybridized carbons (Fsp3) is 0.286. The lowest BCUT2D eigenvalue weighted by Gasteiger charge is -2.12. The lowest BCUT2D eigenvalue weighted by molar-refractivity contribution is 0.0697. The molecule has 0 fully saturated rings. The first-order chi connectivity index (χ1) is 13.5. The number of aromatic carboxylic acids is 1. The second kappa shape index (κ2) is 8.99. The molecule has 0 spiro atoms. The van der Waals surface area contributed by atoms with Crippen molar-refractivity contribution in [3.63, 3.8) is 0 Å². The molecule has 0 aliphatic heterocycles. The second-order valence-electron chi connectivity index (χ2n) is 6.51. The zero-order valence-corrected chi connectivity index (χ0v) is 16.4. The van der Waals surface area contributed by atoms with Gasteiger partial charge in [0.15, 0.2) is 5.15 Å². The molecule has 3 rings (SSSR count). The number of nitrogens with zero attached hydrogens (tertiary/aromatic N) is 3. The van der Waals surface area contributed by atoms with Crippen molar-refractivity contribution in [2.45, 2.75) is 39.3 Å². The zero-order valence-electron chi connectivity index (χ0n) is 15.6. The van der Waals surface area contributed by atoms with Gasteiger partial charge in [-0.15, -0.1) is 0 Å². The molecule has 0 unspecified atom stereocenters. The number of carboxylic acid groups (broad SMARTS) is 1. The van der Waals surface area contributed by atoms with Crippen LogP contribution in [0.3, 0.4) is 0 Å². The van der Waals surface area contributed by atoms with Gasteiger partial charge in [0.1, 0.15) is 5.82 Å². The third-order valence-electron chi connectivity index (χ3n) is 4.61. The first-order valence-electron chi connectivity index (χ1n) is 9.17. The molecule has 2 aromatic heterocycles. The number of imidazole rings is 1. The van der Waals surface area contributed by atoms with Gasteiger partial charge in [0.25, 0.3) is 0 Å². The van der Waals surface area contributed by atoms with E-state index in [1.165, 1.54) is 0 Å². The first kappa shape index (κ1) is 20.0. The summed E-state index contributed by atoms with van der Waals surface area (Å²) >= 11 is 6.19. The fourth-order valence-electron chi connectivity index (χ4n) is 3.13. The van der Waals surface area contributed by atoms with Gasteiger partial charge in [-0.1, -0.05) is 49.2 Å². The number of hydrogen-bond acceptors (Lipinski definition) is 4. The molecule has 28 heavy (non-hydrogen) atoms. The van der Waals surface area contributed by atoms with E-state index in [4.69, 9.17) is 11.6 Å². The van der Waals surface area contributed by atoms with Crippen LogP contribution in [0.25, 0.3) is 11.3 Å². The van der Waals surface area contributed by atoms with Crippen molar-refractivity contribution >= 4 is 17.6 Å². The molecular weight excluding hydrogens is 378 g/mol. The molecule has 0 amide bonds. The van der Waals surface area contributed by atoms with Crippen molar-refractivity contribution < 1.29 is 15.0 Å². The van der Waals surface area contributed by atoms with E-state index < -0.39 is 5.97 Å². The molecule has 2 N–H and O–H groups in total. The Balaban J connectivity index is 1.89. The molecule has 0 saturated carbocycles. The van der Waals surface area contributed by atoms with Crippen molar-refractivity contribution in [2.75, 3.05) is 0 Å². The van der Waals surface area contributed by atoms with Crippen LogP contribution in [0.15, 0.2) is 42.6 Å². The molecule has 0 aliphatic carbocycles. The number of carbonyl (C=O) groups is 1. The van der Waals surface area contributed by atoms with Crippen molar-refractivity contribution in [2.24, 2.45) is 0 Å². The Bertz CT molecular complexity index is 968. The number of halogens is 1. The van der Waals surface area contributed by atoms with Gasteiger partial charge >= 0.3 is 5.97 Å². The van der Waals surface area contributed by atoms with Gasteiger partial charge < -0.3 is 14.8 Å². The maximum atomic E-state index is 11.4. The van der Waals surface area contributed by atoms with Crippen LogP contribution in [0.5, 0.6) is 0 Å². The van der Waals surface area contributed by atoms with E-state index in [1.54, 1.807) is 18.3 Å². The van der Waals surface area contributed by atoms with Gasteiger partial charge in [-0.3, -0.25) is 4.98 Å². The molecule has 0 radical (unpaired) electrons. The van der Waals surface area contributed by atoms with Gasteiger partial charge in [0, 0.05) is 24.7 Å². The maximum absolute atomic E-state index is 11.4. The lowest BCUT2D eigenvalue weighted by Crippen LogP contribution is -2.09. The molecule has 0 atom stereocenters. The van der Waals surface area contributed by atoms with Gasteiger partial charge in [-0.2, -0.15) is 0 Å². The number of aryl methyl sites for hydroxylation is 1. The van der Waals surface area contributed by atoms with Crippen molar-refractivity contribution in [3.05, 3.63) is 70.4 Å². The van der Waals surface area contributed by atoms with Crippen molar-refractivity contribution in [3.8, 4) is 11.3 Å². The van der Waals surface area contributed by atoms with E-state index in [9.17, 15) is 15.0 Å². The van der Waals surface area contributed by atoms with E-state index in [-0.39, 0.29) is 12.2 Å². The SMILES string of the molecule is CCCCc1nc(Cl)c(CO)n1Cc1ccc(-c2ncccc2C(=O)O)cc1. The van der Waals surface area contributed by atoms with Crippen LogP contribution >= 0.6 is 11.6 Å². The van der Waals surface area contributed by atoms with Gasteiger partial charge in [0.2, 0.25) is 0 Å². The molecule has 7 heteroatoms. The number of aliphatic hydroxyl groups excluding tert-OH is 1. The van der Waals surface area contributed by atoms with E-state index in [2.05, 4.69) is 16.9 Å². The Hall–Kier alpha value is -2.70. The monoisotopic (exact) mass is 399 g/mol. The van der Waals surface area contributed by atoms with Crippen molar-refractivity contribution in [1.29, 1.82) is 0 Å². The highest BCUT2D eigenvalue weighted by molar-refractivity contribution is 6.30. The van der Waals surface area contributed by atoms with Crippen LogP contribution in [0.2, 0.25) is 5.15 Å². The number of aromatic nitrogens is 3. The number of carboxylic acids is 1. The maximum Gasteiger partial charge on any atom is 0.337 e. The highest BCUT2D eigenvalue weighted by Crippen LogP contribution is 2.24. The molecule has 6 nitrogen and oxygen atoms in total. The predicted molar refractivity (Wildman–Crippen MR) is 108 cm³/mol. The third kappa shape index (κ3) is 4.24. The number of unbranched alkanes of at least 4 members (excludes halogenated alkanes) is 1. The van der Waals surface area contributed by atoms with E-state index in [0.717, 1.165) is 36.2 Å². The molecule has 0 aliphatic rings. The van der Waals surface area contributed by atoms with E-state index in [1.807, 2.05) is 28.8 Å². The second-order valence-corrected chi connectivity index (χ2v) is 6.87. The average Bonchev–Trinajstić information content (AvgIpc) is 3.01. The van der Waals surface area contributed by atoms with E-state index in [0.29, 0.717) is 23.1 Å². The molecule has 0 bridgehead atoms. The van der Waals surface area contributed by atoms with Crippen LogP contribution in [0.1, 0.15) is 47.2 Å². The highest BCUT2D eigenvalue weighted by atomic mass is 35.5. The number of benzene rings is 1. The summed E-state index contributed by atoms with van der Waals surface area (Å²) in [5.74, 6) is -0.147. The van der Waals surface area contributed by atoms with E-state index >= 15 is 0 Å². The molecule has 1 aromatic carbocycles. The minimum Gasteiger partial charge on any atom is -0.478 e. The normalized spacial score (nSPS) is 11.0. The average molecular weight is 400 g/mol. The summed E-state index contributed by atoms with van der Waals surface area (Å²) in [6.07, 6.45) is 4.42. The Morgan fingerprint density at radius 3 is 2.61 bits per heavy atom. The van der Waals surface area contributed by atoms with Gasteiger partial charge in [-0.25, -0.2) is 9.78 Å². The summed E-state index contributed by atoms with van der Waals surface area (Å²) in [7, 11) is 0. The molecule has 2 heterocycles. The molecule has 0 saturated heterocycles. The molecule has 3 aromatic rings. The fourth-order valence-corrected chi connectivity index (χ4v) is 3.39. The highest BCUT2D eigenvalue weighted by Gasteiger charge is 2.16. The summed E-state index contributed by atoms with van der Waals surface area (Å²) in [6, 6.07) is 10.7. The van der Waals surface area contributed by atoms with Gasteiger partial charge in [0.05, 0.1) is 23.6 Å².